The van der Waals surface area contributed by atoms with E-state index in [1.807, 2.05) is 0 Å². The van der Waals surface area contributed by atoms with Gasteiger partial charge in [-0.1, -0.05) is 33.1 Å². The van der Waals surface area contributed by atoms with Crippen LogP contribution < -0.4 is 11.1 Å². The third kappa shape index (κ3) is 5.84. The first kappa shape index (κ1) is 14.9. The van der Waals surface area contributed by atoms with Crippen molar-refractivity contribution in [2.45, 2.75) is 64.6 Å². The number of hydrogen-bond donors (Lipinski definition) is 2. The van der Waals surface area contributed by atoms with Crippen molar-refractivity contribution in [3.8, 4) is 0 Å². The molecule has 0 saturated carbocycles. The predicted octanol–water partition coefficient (Wildman–Crippen LogP) is 2.30. The Bertz CT molecular complexity index is 185. The van der Waals surface area contributed by atoms with Gasteiger partial charge >= 0.3 is 0 Å². The molecule has 0 aromatic rings. The summed E-state index contributed by atoms with van der Waals surface area (Å²) in [6.45, 7) is 7.37. The fourth-order valence-electron chi connectivity index (χ4n) is 2.50. The van der Waals surface area contributed by atoms with E-state index in [1.165, 1.54) is 32.1 Å². The van der Waals surface area contributed by atoms with E-state index >= 15 is 0 Å². The van der Waals surface area contributed by atoms with Gasteiger partial charge in [-0.2, -0.15) is 0 Å². The number of ether oxygens (including phenoxy) is 1. The Kier molecular flexibility index (Phi) is 7.82. The number of unbranched alkanes of at least 4 members (excludes halogenated alkanes) is 1. The molecular weight excluding hydrogens is 212 g/mol. The minimum Gasteiger partial charge on any atom is -0.372 e. The maximum Gasteiger partial charge on any atom is 0.0704 e. The topological polar surface area (TPSA) is 47.3 Å². The van der Waals surface area contributed by atoms with Crippen molar-refractivity contribution in [3.05, 3.63) is 0 Å². The molecule has 0 amide bonds. The molecule has 0 aromatic heterocycles. The van der Waals surface area contributed by atoms with Gasteiger partial charge in [0.05, 0.1) is 12.2 Å². The number of nitrogens with one attached hydrogen (secondary N) is 1. The lowest BCUT2D eigenvalue weighted by molar-refractivity contribution is 0.0499. The van der Waals surface area contributed by atoms with Crippen molar-refractivity contribution >= 4 is 0 Å². The van der Waals surface area contributed by atoms with Crippen molar-refractivity contribution < 1.29 is 4.74 Å². The first-order chi connectivity index (χ1) is 8.30. The van der Waals surface area contributed by atoms with E-state index in [-0.39, 0.29) is 0 Å². The van der Waals surface area contributed by atoms with Gasteiger partial charge in [0.1, 0.15) is 0 Å². The fourth-order valence-corrected chi connectivity index (χ4v) is 2.50. The van der Waals surface area contributed by atoms with Gasteiger partial charge in [-0.05, 0) is 31.7 Å². The van der Waals surface area contributed by atoms with E-state index < -0.39 is 0 Å². The third-order valence-corrected chi connectivity index (χ3v) is 3.81. The maximum absolute atomic E-state index is 5.82. The Balaban J connectivity index is 2.06. The average Bonchev–Trinajstić information content (AvgIpc) is 2.81. The molecule has 3 heteroatoms. The monoisotopic (exact) mass is 242 g/mol. The van der Waals surface area contributed by atoms with Crippen LogP contribution in [-0.2, 0) is 4.74 Å². The van der Waals surface area contributed by atoms with Crippen LogP contribution in [0.25, 0.3) is 0 Å². The zero-order chi connectivity index (χ0) is 12.5. The SMILES string of the molecule is CCCCC(CC)CNCC1CCC(CN)O1. The molecule has 0 spiro atoms. The van der Waals surface area contributed by atoms with E-state index in [9.17, 15) is 0 Å². The molecule has 1 saturated heterocycles. The Hall–Kier alpha value is -0.120. The molecule has 1 aliphatic heterocycles. The van der Waals surface area contributed by atoms with E-state index in [1.54, 1.807) is 0 Å². The average molecular weight is 242 g/mol. The summed E-state index contributed by atoms with van der Waals surface area (Å²) in [6.07, 6.45) is 8.31. The minimum atomic E-state index is 0.309. The van der Waals surface area contributed by atoms with E-state index in [4.69, 9.17) is 10.5 Å². The standard InChI is InChI=1S/C14H30N2O/c1-3-5-6-12(4-2)10-16-11-14-8-7-13(9-15)17-14/h12-14,16H,3-11,15H2,1-2H3. The van der Waals surface area contributed by atoms with Crippen molar-refractivity contribution in [1.29, 1.82) is 0 Å². The molecule has 17 heavy (non-hydrogen) atoms. The van der Waals surface area contributed by atoms with Crippen molar-refractivity contribution in [3.63, 3.8) is 0 Å². The summed E-state index contributed by atoms with van der Waals surface area (Å²) < 4.78 is 5.82. The number of rotatable bonds is 9. The molecular formula is C14H30N2O. The van der Waals surface area contributed by atoms with E-state index in [2.05, 4.69) is 19.2 Å². The number of hydrogen-bond acceptors (Lipinski definition) is 3. The Morgan fingerprint density at radius 1 is 1.29 bits per heavy atom. The second-order valence-electron chi connectivity index (χ2n) is 5.27. The minimum absolute atomic E-state index is 0.309. The summed E-state index contributed by atoms with van der Waals surface area (Å²) in [6, 6.07) is 0. The summed E-state index contributed by atoms with van der Waals surface area (Å²) in [5, 5.41) is 3.57. The van der Waals surface area contributed by atoms with Crippen molar-refractivity contribution in [2.75, 3.05) is 19.6 Å². The second-order valence-corrected chi connectivity index (χ2v) is 5.27. The lowest BCUT2D eigenvalue weighted by Crippen LogP contribution is -2.32. The highest BCUT2D eigenvalue weighted by Gasteiger charge is 2.23. The zero-order valence-electron chi connectivity index (χ0n) is 11.6. The lowest BCUT2D eigenvalue weighted by Gasteiger charge is -2.18. The molecule has 0 aliphatic carbocycles. The van der Waals surface area contributed by atoms with Crippen LogP contribution >= 0.6 is 0 Å². The molecule has 1 aliphatic rings. The smallest absolute Gasteiger partial charge is 0.0704 e. The molecule has 102 valence electrons. The third-order valence-electron chi connectivity index (χ3n) is 3.81. The van der Waals surface area contributed by atoms with E-state index in [0.717, 1.165) is 25.4 Å². The van der Waals surface area contributed by atoms with Crippen LogP contribution in [0.1, 0.15) is 52.4 Å². The second kappa shape index (κ2) is 8.90. The fraction of sp³-hybridized carbons (Fsp3) is 1.00. The normalized spacial score (nSPS) is 26.3. The summed E-state index contributed by atoms with van der Waals surface area (Å²) in [7, 11) is 0. The van der Waals surface area contributed by atoms with Crippen molar-refractivity contribution in [1.82, 2.24) is 5.32 Å². The Morgan fingerprint density at radius 3 is 2.65 bits per heavy atom. The van der Waals surface area contributed by atoms with Gasteiger partial charge in [-0.3, -0.25) is 0 Å². The maximum atomic E-state index is 5.82. The highest BCUT2D eigenvalue weighted by atomic mass is 16.5. The molecule has 3 nitrogen and oxygen atoms in total. The Labute approximate surface area is 106 Å². The molecule has 0 aromatic carbocycles. The van der Waals surface area contributed by atoms with Gasteiger partial charge < -0.3 is 15.8 Å². The van der Waals surface area contributed by atoms with Gasteiger partial charge in [0.25, 0.3) is 0 Å². The molecule has 1 rings (SSSR count). The molecule has 1 fully saturated rings. The quantitative estimate of drug-likeness (QED) is 0.652. The van der Waals surface area contributed by atoms with Crippen LogP contribution in [0.15, 0.2) is 0 Å². The van der Waals surface area contributed by atoms with Gasteiger partial charge in [0.15, 0.2) is 0 Å². The molecule has 1 heterocycles. The molecule has 3 unspecified atom stereocenters. The van der Waals surface area contributed by atoms with Crippen LogP contribution in [0.2, 0.25) is 0 Å². The van der Waals surface area contributed by atoms with Crippen LogP contribution in [0, 0.1) is 5.92 Å². The summed E-state index contributed by atoms with van der Waals surface area (Å²) in [5.41, 5.74) is 5.60. The largest absolute Gasteiger partial charge is 0.372 e. The predicted molar refractivity (Wildman–Crippen MR) is 73.1 cm³/mol. The van der Waals surface area contributed by atoms with Gasteiger partial charge in [-0.25, -0.2) is 0 Å². The molecule has 0 bridgehead atoms. The van der Waals surface area contributed by atoms with Crippen LogP contribution in [-0.4, -0.2) is 31.8 Å². The molecule has 3 N–H and O–H groups in total. The molecule has 3 atom stereocenters. The summed E-state index contributed by atoms with van der Waals surface area (Å²) in [5.74, 6) is 0.835. The van der Waals surface area contributed by atoms with Crippen molar-refractivity contribution in [2.24, 2.45) is 11.7 Å². The lowest BCUT2D eigenvalue weighted by atomic mass is 9.99. The van der Waals surface area contributed by atoms with Gasteiger partial charge in [-0.15, -0.1) is 0 Å². The van der Waals surface area contributed by atoms with Crippen LogP contribution in [0.4, 0.5) is 0 Å². The van der Waals surface area contributed by atoms with Gasteiger partial charge in [0.2, 0.25) is 0 Å². The first-order valence-electron chi connectivity index (χ1n) is 7.36. The van der Waals surface area contributed by atoms with Gasteiger partial charge in [0, 0.05) is 13.1 Å². The van der Waals surface area contributed by atoms with Crippen LogP contribution in [0.3, 0.4) is 0 Å². The van der Waals surface area contributed by atoms with Crippen LogP contribution in [0.5, 0.6) is 0 Å². The van der Waals surface area contributed by atoms with E-state index in [0.29, 0.717) is 18.8 Å². The highest BCUT2D eigenvalue weighted by Crippen LogP contribution is 2.18. The highest BCUT2D eigenvalue weighted by molar-refractivity contribution is 4.76. The molecule has 0 radical (unpaired) electrons. The zero-order valence-corrected chi connectivity index (χ0v) is 11.6. The summed E-state index contributed by atoms with van der Waals surface area (Å²) >= 11 is 0. The summed E-state index contributed by atoms with van der Waals surface area (Å²) in [4.78, 5) is 0. The number of nitrogens with two attached hydrogens (primary N) is 1. The first-order valence-corrected chi connectivity index (χ1v) is 7.36. The Morgan fingerprint density at radius 2 is 2.06 bits per heavy atom.